The highest BCUT2D eigenvalue weighted by molar-refractivity contribution is 5.95. The van der Waals surface area contributed by atoms with Crippen LogP contribution in [0.1, 0.15) is 18.1 Å². The topological polar surface area (TPSA) is 64.9 Å². The minimum Gasteiger partial charge on any atom is -0.492 e. The number of ether oxygens (including phenoxy) is 1. The summed E-state index contributed by atoms with van der Waals surface area (Å²) in [7, 11) is 0. The van der Waals surface area contributed by atoms with E-state index in [-0.39, 0.29) is 0 Å². The van der Waals surface area contributed by atoms with Crippen molar-refractivity contribution in [3.63, 3.8) is 0 Å². The maximum atomic E-state index is 9.28. The molecule has 0 saturated carbocycles. The van der Waals surface area contributed by atoms with Gasteiger partial charge in [0.15, 0.2) is 5.82 Å². The highest BCUT2D eigenvalue weighted by Crippen LogP contribution is 2.38. The zero-order valence-electron chi connectivity index (χ0n) is 12.8. The van der Waals surface area contributed by atoms with Crippen molar-refractivity contribution in [2.45, 2.75) is 13.3 Å². The quantitative estimate of drug-likeness (QED) is 0.804. The van der Waals surface area contributed by atoms with Gasteiger partial charge in [0.25, 0.3) is 0 Å². The molecule has 2 heterocycles. The average molecular weight is 304 g/mol. The minimum absolute atomic E-state index is 0.524. The van der Waals surface area contributed by atoms with E-state index >= 15 is 0 Å². The number of H-pyrrole nitrogens is 1. The molecule has 0 atom stereocenters. The maximum Gasteiger partial charge on any atom is 0.162 e. The SMILES string of the molecule is CCOc1cc2c(N3CCc4ccccc43)n[nH]c2cc1C#N. The molecular formula is C18H16N4O. The van der Waals surface area contributed by atoms with Crippen LogP contribution < -0.4 is 9.64 Å². The van der Waals surface area contributed by atoms with Crippen molar-refractivity contribution in [3.8, 4) is 11.8 Å². The third kappa shape index (κ3) is 2.11. The molecule has 0 bridgehead atoms. The van der Waals surface area contributed by atoms with E-state index in [9.17, 15) is 5.26 Å². The molecule has 0 spiro atoms. The van der Waals surface area contributed by atoms with Gasteiger partial charge in [-0.1, -0.05) is 18.2 Å². The standard InChI is InChI=1S/C18H16N4O/c1-2-23-17-10-14-15(9-13(17)11-19)20-21-18(14)22-8-7-12-5-3-4-6-16(12)22/h3-6,9-10H,2,7-8H2,1H3,(H,20,21). The Morgan fingerprint density at radius 3 is 3.04 bits per heavy atom. The molecule has 0 fully saturated rings. The van der Waals surface area contributed by atoms with Crippen molar-refractivity contribution in [3.05, 3.63) is 47.5 Å². The molecule has 0 radical (unpaired) electrons. The molecule has 0 unspecified atom stereocenters. The van der Waals surface area contributed by atoms with Crippen LogP contribution in [0.5, 0.6) is 5.75 Å². The highest BCUT2D eigenvalue weighted by Gasteiger charge is 2.24. The Hall–Kier alpha value is -3.00. The number of nitrogens with one attached hydrogen (secondary N) is 1. The first-order chi connectivity index (χ1) is 11.3. The normalized spacial score (nSPS) is 13.1. The van der Waals surface area contributed by atoms with Gasteiger partial charge in [-0.25, -0.2) is 0 Å². The first-order valence-corrected chi connectivity index (χ1v) is 7.72. The van der Waals surface area contributed by atoms with Crippen LogP contribution in [0.2, 0.25) is 0 Å². The number of rotatable bonds is 3. The number of nitrogens with zero attached hydrogens (tertiary/aromatic N) is 3. The lowest BCUT2D eigenvalue weighted by molar-refractivity contribution is 0.340. The number of hydrogen-bond acceptors (Lipinski definition) is 4. The van der Waals surface area contributed by atoms with Crippen molar-refractivity contribution in [2.75, 3.05) is 18.1 Å². The second-order valence-electron chi connectivity index (χ2n) is 5.52. The Bertz CT molecular complexity index is 922. The summed E-state index contributed by atoms with van der Waals surface area (Å²) in [4.78, 5) is 2.22. The largest absolute Gasteiger partial charge is 0.492 e. The fourth-order valence-corrected chi connectivity index (χ4v) is 3.16. The molecule has 4 rings (SSSR count). The molecule has 1 aliphatic rings. The molecule has 1 aliphatic heterocycles. The van der Waals surface area contributed by atoms with Crippen molar-refractivity contribution >= 4 is 22.4 Å². The third-order valence-electron chi connectivity index (χ3n) is 4.21. The van der Waals surface area contributed by atoms with E-state index in [1.54, 1.807) is 6.07 Å². The Kier molecular flexibility index (Phi) is 3.16. The third-order valence-corrected chi connectivity index (χ3v) is 4.21. The Morgan fingerprint density at radius 1 is 1.35 bits per heavy atom. The van der Waals surface area contributed by atoms with Crippen LogP contribution >= 0.6 is 0 Å². The summed E-state index contributed by atoms with van der Waals surface area (Å²) in [6.45, 7) is 3.35. The van der Waals surface area contributed by atoms with Crippen molar-refractivity contribution in [2.24, 2.45) is 0 Å². The molecule has 114 valence electrons. The molecule has 5 nitrogen and oxygen atoms in total. The van der Waals surface area contributed by atoms with E-state index in [1.807, 2.05) is 19.1 Å². The van der Waals surface area contributed by atoms with Gasteiger partial charge in [-0.15, -0.1) is 0 Å². The lowest BCUT2D eigenvalue weighted by Crippen LogP contribution is -2.13. The zero-order valence-corrected chi connectivity index (χ0v) is 12.8. The van der Waals surface area contributed by atoms with Gasteiger partial charge in [-0.05, 0) is 37.1 Å². The predicted molar refractivity (Wildman–Crippen MR) is 89.1 cm³/mol. The van der Waals surface area contributed by atoms with Crippen LogP contribution in [0, 0.1) is 11.3 Å². The number of aromatic nitrogens is 2. The van der Waals surface area contributed by atoms with E-state index in [1.165, 1.54) is 11.3 Å². The monoisotopic (exact) mass is 304 g/mol. The number of benzene rings is 2. The van der Waals surface area contributed by atoms with Gasteiger partial charge in [0.05, 0.1) is 17.7 Å². The Labute approximate surface area is 134 Å². The predicted octanol–water partition coefficient (Wildman–Crippen LogP) is 3.53. The number of anilines is 2. The minimum atomic E-state index is 0.524. The fraction of sp³-hybridized carbons (Fsp3) is 0.222. The lowest BCUT2D eigenvalue weighted by Gasteiger charge is -2.17. The Morgan fingerprint density at radius 2 is 2.22 bits per heavy atom. The van der Waals surface area contributed by atoms with Crippen molar-refractivity contribution in [1.82, 2.24) is 10.2 Å². The van der Waals surface area contributed by atoms with E-state index in [4.69, 9.17) is 4.74 Å². The molecule has 23 heavy (non-hydrogen) atoms. The highest BCUT2D eigenvalue weighted by atomic mass is 16.5. The van der Waals surface area contributed by atoms with Crippen LogP contribution in [0.3, 0.4) is 0 Å². The summed E-state index contributed by atoms with van der Waals surface area (Å²) >= 11 is 0. The average Bonchev–Trinajstić information content (AvgIpc) is 3.17. The number of hydrogen-bond donors (Lipinski definition) is 1. The van der Waals surface area contributed by atoms with Gasteiger partial charge in [0.1, 0.15) is 11.8 Å². The van der Waals surface area contributed by atoms with Crippen LogP contribution in [0.25, 0.3) is 10.9 Å². The van der Waals surface area contributed by atoms with Crippen LogP contribution in [-0.2, 0) is 6.42 Å². The van der Waals surface area contributed by atoms with Gasteiger partial charge < -0.3 is 9.64 Å². The number of para-hydroxylation sites is 1. The maximum absolute atomic E-state index is 9.28. The number of fused-ring (bicyclic) bond motifs is 2. The molecular weight excluding hydrogens is 288 g/mol. The van der Waals surface area contributed by atoms with E-state index in [0.717, 1.165) is 29.7 Å². The van der Waals surface area contributed by atoms with Crippen LogP contribution in [-0.4, -0.2) is 23.3 Å². The second kappa shape index (κ2) is 5.33. The Balaban J connectivity index is 1.86. The van der Waals surface area contributed by atoms with E-state index in [0.29, 0.717) is 17.9 Å². The molecule has 3 aromatic rings. The summed E-state index contributed by atoms with van der Waals surface area (Å²) in [6.07, 6.45) is 1.01. The molecule has 0 amide bonds. The molecule has 0 saturated heterocycles. The molecule has 0 aliphatic carbocycles. The first kappa shape index (κ1) is 13.6. The zero-order chi connectivity index (χ0) is 15.8. The first-order valence-electron chi connectivity index (χ1n) is 7.72. The van der Waals surface area contributed by atoms with Crippen molar-refractivity contribution in [1.29, 1.82) is 5.26 Å². The van der Waals surface area contributed by atoms with Gasteiger partial charge in [-0.3, -0.25) is 5.10 Å². The smallest absolute Gasteiger partial charge is 0.162 e. The van der Waals surface area contributed by atoms with Crippen LogP contribution in [0.4, 0.5) is 11.5 Å². The number of aromatic amines is 1. The second-order valence-corrected chi connectivity index (χ2v) is 5.52. The molecule has 2 aromatic carbocycles. The molecule has 5 heteroatoms. The van der Waals surface area contributed by atoms with Gasteiger partial charge in [0.2, 0.25) is 0 Å². The summed E-state index contributed by atoms with van der Waals surface area (Å²) in [5.74, 6) is 1.49. The van der Waals surface area contributed by atoms with Gasteiger partial charge >= 0.3 is 0 Å². The van der Waals surface area contributed by atoms with Crippen molar-refractivity contribution < 1.29 is 4.74 Å². The van der Waals surface area contributed by atoms with E-state index < -0.39 is 0 Å². The summed E-state index contributed by atoms with van der Waals surface area (Å²) < 4.78 is 5.61. The summed E-state index contributed by atoms with van der Waals surface area (Å²) in [5.41, 5.74) is 3.91. The summed E-state index contributed by atoms with van der Waals surface area (Å²) in [6, 6.07) is 14.3. The van der Waals surface area contributed by atoms with Gasteiger partial charge in [-0.2, -0.15) is 10.4 Å². The lowest BCUT2D eigenvalue weighted by atomic mass is 10.1. The molecule has 1 N–H and O–H groups in total. The number of nitriles is 1. The molecule has 1 aromatic heterocycles. The fourth-order valence-electron chi connectivity index (χ4n) is 3.16. The van der Waals surface area contributed by atoms with E-state index in [2.05, 4.69) is 39.4 Å². The van der Waals surface area contributed by atoms with Gasteiger partial charge in [0, 0.05) is 17.6 Å². The van der Waals surface area contributed by atoms with Crippen LogP contribution in [0.15, 0.2) is 36.4 Å². The summed E-state index contributed by atoms with van der Waals surface area (Å²) in [5, 5.41) is 17.8.